The van der Waals surface area contributed by atoms with Crippen molar-refractivity contribution >= 4 is 5.78 Å². The van der Waals surface area contributed by atoms with E-state index in [9.17, 15) is 4.79 Å². The molecule has 14 heavy (non-hydrogen) atoms. The first-order chi connectivity index (χ1) is 6.45. The van der Waals surface area contributed by atoms with Gasteiger partial charge in [-0.1, -0.05) is 20.8 Å². The van der Waals surface area contributed by atoms with Crippen molar-refractivity contribution < 1.29 is 9.53 Å². The lowest BCUT2D eigenvalue weighted by atomic mass is 9.83. The van der Waals surface area contributed by atoms with Gasteiger partial charge in [-0.2, -0.15) is 0 Å². The molecular formula is C11H21NO2. The van der Waals surface area contributed by atoms with Gasteiger partial charge < -0.3 is 4.74 Å². The average molecular weight is 199 g/mol. The smallest absolute Gasteiger partial charge is 0.155 e. The highest BCUT2D eigenvalue weighted by molar-refractivity contribution is 5.88. The van der Waals surface area contributed by atoms with Gasteiger partial charge in [-0.05, 0) is 19.3 Å². The number of piperidine rings is 1. The molecule has 0 aromatic rings. The third kappa shape index (κ3) is 2.79. The van der Waals surface area contributed by atoms with E-state index in [1.54, 1.807) is 7.11 Å². The minimum absolute atomic E-state index is 0.0197. The number of carbonyl (C=O) groups excluding carboxylic acids is 1. The first-order valence-corrected chi connectivity index (χ1v) is 5.28. The van der Waals surface area contributed by atoms with Gasteiger partial charge in [0.2, 0.25) is 0 Å². The molecule has 3 heteroatoms. The van der Waals surface area contributed by atoms with E-state index in [4.69, 9.17) is 4.74 Å². The van der Waals surface area contributed by atoms with Crippen LogP contribution >= 0.6 is 0 Å². The molecule has 0 aromatic heterocycles. The fraction of sp³-hybridized carbons (Fsp3) is 0.909. The van der Waals surface area contributed by atoms with Crippen LogP contribution in [0.3, 0.4) is 0 Å². The first-order valence-electron chi connectivity index (χ1n) is 5.28. The molecule has 0 spiro atoms. The number of carbonyl (C=O) groups is 1. The van der Waals surface area contributed by atoms with Crippen LogP contribution in [0.4, 0.5) is 0 Å². The molecule has 1 aliphatic rings. The summed E-state index contributed by atoms with van der Waals surface area (Å²) in [5.41, 5.74) is -0.257. The number of nitrogens with one attached hydrogen (secondary N) is 1. The summed E-state index contributed by atoms with van der Waals surface area (Å²) < 4.78 is 5.22. The fourth-order valence-corrected chi connectivity index (χ4v) is 1.81. The van der Waals surface area contributed by atoms with Crippen molar-refractivity contribution in [2.24, 2.45) is 5.41 Å². The monoisotopic (exact) mass is 199 g/mol. The molecule has 0 aliphatic carbocycles. The van der Waals surface area contributed by atoms with Crippen LogP contribution in [0.5, 0.6) is 0 Å². The van der Waals surface area contributed by atoms with Crippen molar-refractivity contribution in [1.82, 2.24) is 5.32 Å². The molecule has 0 bridgehead atoms. The van der Waals surface area contributed by atoms with E-state index in [1.165, 1.54) is 0 Å². The van der Waals surface area contributed by atoms with Crippen molar-refractivity contribution in [1.29, 1.82) is 0 Å². The lowest BCUT2D eigenvalue weighted by molar-refractivity contribution is -0.130. The summed E-state index contributed by atoms with van der Waals surface area (Å²) in [6.45, 7) is 5.90. The topological polar surface area (TPSA) is 38.3 Å². The SMILES string of the molecule is COC1CCCC(C(=O)C(C)(C)C)N1. The highest BCUT2D eigenvalue weighted by Crippen LogP contribution is 2.22. The molecule has 1 saturated heterocycles. The Hall–Kier alpha value is -0.410. The predicted octanol–water partition coefficient (Wildman–Crippen LogP) is 1.72. The fourth-order valence-electron chi connectivity index (χ4n) is 1.81. The van der Waals surface area contributed by atoms with E-state index in [-0.39, 0.29) is 17.7 Å². The van der Waals surface area contributed by atoms with Gasteiger partial charge >= 0.3 is 0 Å². The average Bonchev–Trinajstić information content (AvgIpc) is 2.15. The van der Waals surface area contributed by atoms with Gasteiger partial charge in [-0.3, -0.25) is 10.1 Å². The van der Waals surface area contributed by atoms with Crippen LogP contribution in [0.1, 0.15) is 40.0 Å². The van der Waals surface area contributed by atoms with Crippen LogP contribution in [0, 0.1) is 5.41 Å². The van der Waals surface area contributed by atoms with Crippen LogP contribution in [0.2, 0.25) is 0 Å². The Morgan fingerprint density at radius 3 is 2.50 bits per heavy atom. The maximum Gasteiger partial charge on any atom is 0.155 e. The highest BCUT2D eigenvalue weighted by Gasteiger charge is 2.32. The second-order valence-electron chi connectivity index (χ2n) is 4.99. The molecule has 0 radical (unpaired) electrons. The summed E-state index contributed by atoms with van der Waals surface area (Å²) in [5, 5.41) is 3.24. The van der Waals surface area contributed by atoms with E-state index in [0.717, 1.165) is 19.3 Å². The summed E-state index contributed by atoms with van der Waals surface area (Å²) in [4.78, 5) is 12.0. The zero-order valence-electron chi connectivity index (χ0n) is 9.59. The van der Waals surface area contributed by atoms with Gasteiger partial charge in [-0.25, -0.2) is 0 Å². The second-order valence-corrected chi connectivity index (χ2v) is 4.99. The molecule has 1 heterocycles. The summed E-state index contributed by atoms with van der Waals surface area (Å²) in [6, 6.07) is -0.0197. The van der Waals surface area contributed by atoms with E-state index in [1.807, 2.05) is 20.8 Å². The summed E-state index contributed by atoms with van der Waals surface area (Å²) >= 11 is 0. The van der Waals surface area contributed by atoms with Gasteiger partial charge in [0, 0.05) is 12.5 Å². The Labute approximate surface area is 86.2 Å². The maximum atomic E-state index is 12.0. The molecule has 1 N–H and O–H groups in total. The number of hydrogen-bond donors (Lipinski definition) is 1. The van der Waals surface area contributed by atoms with E-state index in [2.05, 4.69) is 5.32 Å². The standard InChI is InChI=1S/C11H21NO2/c1-11(2,3)10(13)8-6-5-7-9(12-8)14-4/h8-9,12H,5-7H2,1-4H3. The quantitative estimate of drug-likeness (QED) is 0.736. The summed E-state index contributed by atoms with van der Waals surface area (Å²) in [5.74, 6) is 0.291. The number of methoxy groups -OCH3 is 1. The number of hydrogen-bond acceptors (Lipinski definition) is 3. The zero-order chi connectivity index (χ0) is 10.8. The Morgan fingerprint density at radius 2 is 2.00 bits per heavy atom. The molecule has 1 aliphatic heterocycles. The van der Waals surface area contributed by atoms with E-state index >= 15 is 0 Å². The zero-order valence-corrected chi connectivity index (χ0v) is 9.59. The third-order valence-electron chi connectivity index (χ3n) is 2.69. The minimum Gasteiger partial charge on any atom is -0.367 e. The molecule has 2 atom stereocenters. The van der Waals surface area contributed by atoms with E-state index in [0.29, 0.717) is 5.78 Å². The number of ether oxygens (including phenoxy) is 1. The van der Waals surface area contributed by atoms with Crippen LogP contribution in [0.25, 0.3) is 0 Å². The van der Waals surface area contributed by atoms with Crippen molar-refractivity contribution in [2.75, 3.05) is 7.11 Å². The number of Topliss-reactive ketones (excluding diaryl/α,β-unsaturated/α-hetero) is 1. The van der Waals surface area contributed by atoms with Gasteiger partial charge in [0.15, 0.2) is 5.78 Å². The molecule has 3 nitrogen and oxygen atoms in total. The Morgan fingerprint density at radius 1 is 1.36 bits per heavy atom. The molecule has 0 saturated carbocycles. The first kappa shape index (κ1) is 11.7. The summed E-state index contributed by atoms with van der Waals surface area (Å²) in [6.07, 6.45) is 3.07. The van der Waals surface area contributed by atoms with Crippen LogP contribution in [-0.4, -0.2) is 25.2 Å². The molecule has 0 aromatic carbocycles. The molecule has 1 rings (SSSR count). The van der Waals surface area contributed by atoms with E-state index < -0.39 is 0 Å². The minimum atomic E-state index is -0.257. The second kappa shape index (κ2) is 4.41. The van der Waals surface area contributed by atoms with Crippen LogP contribution < -0.4 is 5.32 Å². The van der Waals surface area contributed by atoms with Gasteiger partial charge in [0.25, 0.3) is 0 Å². The Balaban J connectivity index is 2.56. The van der Waals surface area contributed by atoms with Crippen molar-refractivity contribution in [3.05, 3.63) is 0 Å². The Bertz CT molecular complexity index is 208. The van der Waals surface area contributed by atoms with Crippen molar-refractivity contribution in [3.63, 3.8) is 0 Å². The largest absolute Gasteiger partial charge is 0.367 e. The number of ketones is 1. The van der Waals surface area contributed by atoms with Crippen LogP contribution in [-0.2, 0) is 9.53 Å². The molecule has 2 unspecified atom stereocenters. The highest BCUT2D eigenvalue weighted by atomic mass is 16.5. The summed E-state index contributed by atoms with van der Waals surface area (Å²) in [7, 11) is 1.68. The molecular weight excluding hydrogens is 178 g/mol. The molecule has 1 fully saturated rings. The Kier molecular flexibility index (Phi) is 3.67. The normalized spacial score (nSPS) is 28.9. The van der Waals surface area contributed by atoms with Gasteiger partial charge in [0.05, 0.1) is 6.04 Å². The maximum absolute atomic E-state index is 12.0. The van der Waals surface area contributed by atoms with Crippen molar-refractivity contribution in [2.45, 2.75) is 52.3 Å². The van der Waals surface area contributed by atoms with Crippen molar-refractivity contribution in [3.8, 4) is 0 Å². The lowest BCUT2D eigenvalue weighted by Gasteiger charge is -2.32. The van der Waals surface area contributed by atoms with Gasteiger partial charge in [0.1, 0.15) is 6.23 Å². The van der Waals surface area contributed by atoms with Crippen LogP contribution in [0.15, 0.2) is 0 Å². The predicted molar refractivity (Wildman–Crippen MR) is 56.0 cm³/mol. The molecule has 0 amide bonds. The number of rotatable bonds is 2. The van der Waals surface area contributed by atoms with Gasteiger partial charge in [-0.15, -0.1) is 0 Å². The third-order valence-corrected chi connectivity index (χ3v) is 2.69. The molecule has 82 valence electrons. The lowest BCUT2D eigenvalue weighted by Crippen LogP contribution is -2.50.